The van der Waals surface area contributed by atoms with Crippen molar-refractivity contribution in [1.29, 1.82) is 0 Å². The second-order valence-corrected chi connectivity index (χ2v) is 15.6. The number of benzene rings is 4. The Bertz CT molecular complexity index is 1420. The third-order valence-corrected chi connectivity index (χ3v) is 14.1. The van der Waals surface area contributed by atoms with Crippen molar-refractivity contribution in [2.75, 3.05) is 0 Å². The van der Waals surface area contributed by atoms with Gasteiger partial charge in [-0.2, -0.15) is 22.9 Å². The first kappa shape index (κ1) is 42.2. The van der Waals surface area contributed by atoms with Gasteiger partial charge in [0.2, 0.25) is 0 Å². The van der Waals surface area contributed by atoms with E-state index in [-0.39, 0.29) is 58.9 Å². The Morgan fingerprint density at radius 2 is 0.826 bits per heavy atom. The molecule has 4 aromatic carbocycles. The van der Waals surface area contributed by atoms with Gasteiger partial charge < -0.3 is 37.2 Å². The summed E-state index contributed by atoms with van der Waals surface area (Å²) in [7, 11) is -2.74. The SMILES string of the molecule is CCc1cc(CC)cc([Si](C2=C(c3ccccc3)[C-]=CC2)(c2cc(CC)cc(CC)c2)c2cc(CC)cc(CC)c2)c1.[Cl-].[Cl-].[Cl-].[Ti+4]. The molecule has 0 bridgehead atoms. The van der Waals surface area contributed by atoms with Gasteiger partial charge in [0.05, 0.1) is 0 Å². The summed E-state index contributed by atoms with van der Waals surface area (Å²) in [6.07, 6.45) is 13.3. The molecule has 0 radical (unpaired) electrons. The van der Waals surface area contributed by atoms with E-state index < -0.39 is 8.07 Å². The van der Waals surface area contributed by atoms with Crippen LogP contribution in [-0.2, 0) is 60.2 Å². The van der Waals surface area contributed by atoms with E-state index in [9.17, 15) is 0 Å². The van der Waals surface area contributed by atoms with E-state index in [1.54, 1.807) is 5.20 Å². The molecule has 0 aliphatic heterocycles. The van der Waals surface area contributed by atoms with Gasteiger partial charge in [-0.1, -0.05) is 136 Å². The van der Waals surface area contributed by atoms with Crippen LogP contribution in [-0.4, -0.2) is 8.07 Å². The standard InChI is InChI=1S/C41H47Si.3ClH.Ti/c1-7-30-21-31(8-2)25-37(24-30)42(38-26-32(9-3)22-33(10-4)27-38,39-28-34(11-5)23-35(12-6)29-39)41-20-16-19-40(41)36-17-14-13-15-18-36;;;;/h13-18,21-29H,7-12,20H2,1-6H3;3*1H;/q-1;;;;+4/p-3. The van der Waals surface area contributed by atoms with Crippen LogP contribution < -0.4 is 52.8 Å². The van der Waals surface area contributed by atoms with Gasteiger partial charge in [-0.05, 0) is 71.9 Å². The summed E-state index contributed by atoms with van der Waals surface area (Å²) in [6.45, 7) is 13.8. The quantitative estimate of drug-likeness (QED) is 0.109. The number of aryl methyl sites for hydroxylation is 6. The van der Waals surface area contributed by atoms with Gasteiger partial charge in [-0.25, -0.2) is 0 Å². The third-order valence-electron chi connectivity index (χ3n) is 9.28. The Morgan fingerprint density at radius 1 is 0.500 bits per heavy atom. The van der Waals surface area contributed by atoms with Crippen molar-refractivity contribution in [1.82, 2.24) is 0 Å². The Hall–Kier alpha value is -1.84. The number of hydrogen-bond acceptors (Lipinski definition) is 0. The minimum atomic E-state index is -2.74. The fraction of sp³-hybridized carbons (Fsp3) is 0.317. The van der Waals surface area contributed by atoms with Crippen molar-refractivity contribution in [3.05, 3.63) is 141 Å². The van der Waals surface area contributed by atoms with Crippen LogP contribution in [0.5, 0.6) is 0 Å². The minimum Gasteiger partial charge on any atom is -1.00 e. The van der Waals surface area contributed by atoms with Crippen LogP contribution in [0.3, 0.4) is 0 Å². The molecule has 46 heavy (non-hydrogen) atoms. The fourth-order valence-corrected chi connectivity index (χ4v) is 12.3. The molecule has 0 saturated heterocycles. The van der Waals surface area contributed by atoms with E-state index >= 15 is 0 Å². The molecule has 0 fully saturated rings. The van der Waals surface area contributed by atoms with Gasteiger partial charge in [0.15, 0.2) is 0 Å². The molecule has 4 aromatic rings. The van der Waals surface area contributed by atoms with Gasteiger partial charge in [-0.15, -0.1) is 17.7 Å². The predicted molar refractivity (Wildman–Crippen MR) is 186 cm³/mol. The molecule has 0 atom stereocenters. The molecule has 1 aliphatic carbocycles. The maximum absolute atomic E-state index is 3.80. The average Bonchev–Trinajstić information content (AvgIpc) is 3.55. The summed E-state index contributed by atoms with van der Waals surface area (Å²) in [6, 6.07) is 33.8. The zero-order valence-electron chi connectivity index (χ0n) is 28.2. The molecular weight excluding hydrogens is 675 g/mol. The Labute approximate surface area is 313 Å². The van der Waals surface area contributed by atoms with Crippen molar-refractivity contribution in [3.8, 4) is 0 Å². The normalized spacial score (nSPS) is 12.1. The predicted octanol–water partition coefficient (Wildman–Crippen LogP) is -0.703. The zero-order valence-corrected chi connectivity index (χ0v) is 33.1. The molecule has 240 valence electrons. The second kappa shape index (κ2) is 19.2. The van der Waals surface area contributed by atoms with Crippen LogP contribution in [0.15, 0.2) is 96.2 Å². The topological polar surface area (TPSA) is 0 Å². The van der Waals surface area contributed by atoms with E-state index in [0.717, 1.165) is 44.9 Å². The van der Waals surface area contributed by atoms with Crippen molar-refractivity contribution in [3.63, 3.8) is 0 Å². The van der Waals surface area contributed by atoms with Crippen LogP contribution in [0.2, 0.25) is 0 Å². The minimum absolute atomic E-state index is 0. The molecule has 0 nitrogen and oxygen atoms in total. The summed E-state index contributed by atoms with van der Waals surface area (Å²) in [5, 5.41) is 6.18. The summed E-state index contributed by atoms with van der Waals surface area (Å²) in [5.41, 5.74) is 11.3. The largest absolute Gasteiger partial charge is 4.00 e. The Kier molecular flexibility index (Phi) is 17.6. The van der Waals surface area contributed by atoms with Crippen molar-refractivity contribution in [2.45, 2.75) is 86.5 Å². The smallest absolute Gasteiger partial charge is 1.00 e. The number of halogens is 3. The van der Waals surface area contributed by atoms with Crippen LogP contribution >= 0.6 is 0 Å². The zero-order chi connectivity index (χ0) is 29.7. The van der Waals surface area contributed by atoms with Gasteiger partial charge in [0.1, 0.15) is 8.07 Å². The molecule has 0 saturated carbocycles. The Morgan fingerprint density at radius 3 is 1.13 bits per heavy atom. The first-order valence-corrected chi connectivity index (χ1v) is 18.3. The maximum atomic E-state index is 3.80. The van der Waals surface area contributed by atoms with Gasteiger partial charge in [0, 0.05) is 0 Å². The number of allylic oxidation sites excluding steroid dienone is 4. The molecule has 1 aliphatic rings. The summed E-state index contributed by atoms with van der Waals surface area (Å²) in [5.74, 6) is 0. The monoisotopic (exact) mass is 720 g/mol. The summed E-state index contributed by atoms with van der Waals surface area (Å²) >= 11 is 0. The molecule has 0 heterocycles. The van der Waals surface area contributed by atoms with Crippen molar-refractivity contribution < 1.29 is 58.9 Å². The number of hydrogen-bond donors (Lipinski definition) is 0. The van der Waals surface area contributed by atoms with E-state index in [0.29, 0.717) is 0 Å². The van der Waals surface area contributed by atoms with E-state index in [1.807, 2.05) is 0 Å². The molecule has 0 amide bonds. The van der Waals surface area contributed by atoms with E-state index in [1.165, 1.54) is 60.1 Å². The molecule has 0 spiro atoms. The number of rotatable bonds is 11. The van der Waals surface area contributed by atoms with Crippen LogP contribution in [0.1, 0.15) is 86.9 Å². The summed E-state index contributed by atoms with van der Waals surface area (Å²) in [4.78, 5) is 0. The second-order valence-electron chi connectivity index (χ2n) is 11.8. The van der Waals surface area contributed by atoms with Gasteiger partial charge in [-0.3, -0.25) is 0 Å². The molecule has 5 heteroatoms. The van der Waals surface area contributed by atoms with Crippen LogP contribution in [0, 0.1) is 6.08 Å². The van der Waals surface area contributed by atoms with Crippen LogP contribution in [0.4, 0.5) is 0 Å². The first-order valence-electron chi connectivity index (χ1n) is 16.3. The fourth-order valence-electron chi connectivity index (χ4n) is 6.83. The third kappa shape index (κ3) is 8.41. The van der Waals surface area contributed by atoms with Crippen LogP contribution in [0.25, 0.3) is 5.57 Å². The molecule has 0 N–H and O–H groups in total. The van der Waals surface area contributed by atoms with E-state index in [2.05, 4.69) is 139 Å². The average molecular weight is 722 g/mol. The first-order chi connectivity index (χ1) is 20.5. The van der Waals surface area contributed by atoms with Gasteiger partial charge >= 0.3 is 21.7 Å². The van der Waals surface area contributed by atoms with E-state index in [4.69, 9.17) is 0 Å². The molecule has 0 unspecified atom stereocenters. The molecule has 5 rings (SSSR count). The summed E-state index contributed by atoms with van der Waals surface area (Å²) < 4.78 is 0. The van der Waals surface area contributed by atoms with Gasteiger partial charge in [0.25, 0.3) is 0 Å². The van der Waals surface area contributed by atoms with Crippen molar-refractivity contribution in [2.24, 2.45) is 0 Å². The Balaban J connectivity index is 0.00000264. The van der Waals surface area contributed by atoms with Crippen molar-refractivity contribution >= 4 is 29.2 Å². The molecular formula is C41H47Cl3SiTi. The maximum Gasteiger partial charge on any atom is 4.00 e. The molecule has 0 aromatic heterocycles.